The number of morpholine rings is 1. The van der Waals surface area contributed by atoms with Crippen molar-refractivity contribution in [2.45, 2.75) is 18.7 Å². The maximum absolute atomic E-state index is 6.29. The molecule has 0 N–H and O–H groups in total. The minimum Gasteiger partial charge on any atom is -0.377 e. The third kappa shape index (κ3) is 4.12. The molecule has 0 radical (unpaired) electrons. The number of hydrogen-bond acceptors (Lipinski definition) is 6. The summed E-state index contributed by atoms with van der Waals surface area (Å²) in [5.74, 6) is 0. The summed E-state index contributed by atoms with van der Waals surface area (Å²) < 4.78 is 14.3. The monoisotopic (exact) mass is 357 g/mol. The van der Waals surface area contributed by atoms with Crippen LogP contribution < -0.4 is 0 Å². The quantitative estimate of drug-likeness (QED) is 0.811. The first-order chi connectivity index (χ1) is 12.7. The number of ether oxygens (including phenoxy) is 2. The fourth-order valence-corrected chi connectivity index (χ4v) is 3.88. The molecular formula is C19H27N5O2. The van der Waals surface area contributed by atoms with Gasteiger partial charge in [0.2, 0.25) is 0 Å². The van der Waals surface area contributed by atoms with Crippen LogP contribution in [0.1, 0.15) is 11.3 Å². The van der Waals surface area contributed by atoms with E-state index in [4.69, 9.17) is 9.47 Å². The van der Waals surface area contributed by atoms with E-state index in [0.29, 0.717) is 6.61 Å². The number of hydrogen-bond donors (Lipinski definition) is 0. The Labute approximate surface area is 154 Å². The SMILES string of the molecule is Cn1cncc1CN1CCO[C@@]2(COCCN(Cc3cccnc3)C2)C1. The molecule has 0 aliphatic carbocycles. The van der Waals surface area contributed by atoms with Crippen LogP contribution in [-0.4, -0.2) is 75.9 Å². The molecule has 0 bridgehead atoms. The van der Waals surface area contributed by atoms with Crippen molar-refractivity contribution in [1.82, 2.24) is 24.3 Å². The van der Waals surface area contributed by atoms with Crippen LogP contribution in [-0.2, 0) is 29.6 Å². The Morgan fingerprint density at radius 3 is 2.69 bits per heavy atom. The fraction of sp³-hybridized carbons (Fsp3) is 0.579. The van der Waals surface area contributed by atoms with Crippen LogP contribution in [0.15, 0.2) is 37.1 Å². The van der Waals surface area contributed by atoms with Gasteiger partial charge in [-0.2, -0.15) is 0 Å². The zero-order valence-corrected chi connectivity index (χ0v) is 15.4. The molecule has 2 aromatic rings. The van der Waals surface area contributed by atoms with Gasteiger partial charge in [0.25, 0.3) is 0 Å². The number of imidazole rings is 1. The second-order valence-corrected chi connectivity index (χ2v) is 7.36. The van der Waals surface area contributed by atoms with E-state index < -0.39 is 0 Å². The van der Waals surface area contributed by atoms with Crippen LogP contribution >= 0.6 is 0 Å². The fourth-order valence-electron chi connectivity index (χ4n) is 3.88. The number of pyridine rings is 1. The molecule has 7 heteroatoms. The Bertz CT molecular complexity index is 707. The molecule has 140 valence electrons. The third-order valence-electron chi connectivity index (χ3n) is 5.19. The van der Waals surface area contributed by atoms with E-state index in [1.807, 2.05) is 38.0 Å². The second kappa shape index (κ2) is 7.84. The maximum Gasteiger partial charge on any atom is 0.117 e. The average Bonchev–Trinajstić information content (AvgIpc) is 2.94. The predicted octanol–water partition coefficient (Wildman–Crippen LogP) is 0.919. The van der Waals surface area contributed by atoms with Crippen LogP contribution in [0.25, 0.3) is 0 Å². The van der Waals surface area contributed by atoms with Gasteiger partial charge in [0, 0.05) is 64.9 Å². The van der Waals surface area contributed by atoms with Gasteiger partial charge in [0.05, 0.1) is 31.8 Å². The van der Waals surface area contributed by atoms with Crippen molar-refractivity contribution in [3.8, 4) is 0 Å². The highest BCUT2D eigenvalue weighted by Gasteiger charge is 2.40. The first-order valence-corrected chi connectivity index (χ1v) is 9.23. The standard InChI is InChI=1S/C19H27N5O2/c1-22-16-21-10-18(22)12-24-6-8-26-19(14-24)13-23(5-7-25-15-19)11-17-3-2-4-20-9-17/h2-4,9-10,16H,5-8,11-15H2,1H3/t19-/m1/s1. The third-order valence-corrected chi connectivity index (χ3v) is 5.19. The van der Waals surface area contributed by atoms with E-state index in [1.165, 1.54) is 11.3 Å². The smallest absolute Gasteiger partial charge is 0.117 e. The van der Waals surface area contributed by atoms with Gasteiger partial charge in [-0.25, -0.2) is 4.98 Å². The van der Waals surface area contributed by atoms with Crippen molar-refractivity contribution >= 4 is 0 Å². The molecule has 2 aliphatic rings. The summed E-state index contributed by atoms with van der Waals surface area (Å²) in [5, 5.41) is 0. The largest absolute Gasteiger partial charge is 0.377 e. The second-order valence-electron chi connectivity index (χ2n) is 7.36. The van der Waals surface area contributed by atoms with Crippen LogP contribution in [0.2, 0.25) is 0 Å². The van der Waals surface area contributed by atoms with Crippen molar-refractivity contribution in [2.24, 2.45) is 7.05 Å². The lowest BCUT2D eigenvalue weighted by Gasteiger charge is -2.43. The summed E-state index contributed by atoms with van der Waals surface area (Å²) in [6.07, 6.45) is 7.56. The number of rotatable bonds is 4. The van der Waals surface area contributed by atoms with E-state index in [0.717, 1.165) is 52.5 Å². The van der Waals surface area contributed by atoms with E-state index >= 15 is 0 Å². The highest BCUT2D eigenvalue weighted by molar-refractivity contribution is 5.09. The molecule has 4 heterocycles. The van der Waals surface area contributed by atoms with Crippen LogP contribution in [0.5, 0.6) is 0 Å². The highest BCUT2D eigenvalue weighted by atomic mass is 16.5. The van der Waals surface area contributed by atoms with E-state index in [1.54, 1.807) is 0 Å². The molecule has 1 spiro atoms. The molecule has 2 aromatic heterocycles. The van der Waals surface area contributed by atoms with Crippen molar-refractivity contribution in [2.75, 3.05) is 46.0 Å². The van der Waals surface area contributed by atoms with Crippen molar-refractivity contribution in [1.29, 1.82) is 0 Å². The van der Waals surface area contributed by atoms with Gasteiger partial charge in [0.15, 0.2) is 0 Å². The molecule has 2 aliphatic heterocycles. The number of nitrogens with zero attached hydrogens (tertiary/aromatic N) is 5. The van der Waals surface area contributed by atoms with Crippen molar-refractivity contribution in [3.63, 3.8) is 0 Å². The molecule has 4 rings (SSSR count). The minimum atomic E-state index is -0.268. The zero-order valence-electron chi connectivity index (χ0n) is 15.4. The first kappa shape index (κ1) is 17.6. The Morgan fingerprint density at radius 2 is 1.92 bits per heavy atom. The lowest BCUT2D eigenvalue weighted by Crippen LogP contribution is -2.58. The van der Waals surface area contributed by atoms with Gasteiger partial charge < -0.3 is 14.0 Å². The summed E-state index contributed by atoms with van der Waals surface area (Å²) in [5.41, 5.74) is 2.19. The Hall–Kier alpha value is -1.80. The van der Waals surface area contributed by atoms with Crippen LogP contribution in [0, 0.1) is 0 Å². The molecule has 26 heavy (non-hydrogen) atoms. The zero-order chi connectivity index (χ0) is 17.8. The predicted molar refractivity (Wildman–Crippen MR) is 97.5 cm³/mol. The maximum atomic E-state index is 6.29. The number of aryl methyl sites for hydroxylation is 1. The molecule has 0 aromatic carbocycles. The topological polar surface area (TPSA) is 55.7 Å². The van der Waals surface area contributed by atoms with Crippen LogP contribution in [0.4, 0.5) is 0 Å². The Kier molecular flexibility index (Phi) is 5.31. The summed E-state index contributed by atoms with van der Waals surface area (Å²) in [7, 11) is 2.04. The van der Waals surface area contributed by atoms with Gasteiger partial charge in [-0.05, 0) is 11.6 Å². The van der Waals surface area contributed by atoms with Gasteiger partial charge in [-0.3, -0.25) is 14.8 Å². The van der Waals surface area contributed by atoms with Gasteiger partial charge in [-0.1, -0.05) is 6.07 Å². The van der Waals surface area contributed by atoms with E-state index in [-0.39, 0.29) is 5.60 Å². The van der Waals surface area contributed by atoms with Gasteiger partial charge in [-0.15, -0.1) is 0 Å². The van der Waals surface area contributed by atoms with Crippen molar-refractivity contribution < 1.29 is 9.47 Å². The molecular weight excluding hydrogens is 330 g/mol. The summed E-state index contributed by atoms with van der Waals surface area (Å²) in [6, 6.07) is 4.12. The van der Waals surface area contributed by atoms with Gasteiger partial charge in [0.1, 0.15) is 5.60 Å². The van der Waals surface area contributed by atoms with Crippen molar-refractivity contribution in [3.05, 3.63) is 48.3 Å². The number of aromatic nitrogens is 3. The Morgan fingerprint density at radius 1 is 1.08 bits per heavy atom. The summed E-state index contributed by atoms with van der Waals surface area (Å²) in [4.78, 5) is 13.3. The molecule has 2 saturated heterocycles. The molecule has 7 nitrogen and oxygen atoms in total. The first-order valence-electron chi connectivity index (χ1n) is 9.23. The summed E-state index contributed by atoms with van der Waals surface area (Å²) >= 11 is 0. The molecule has 1 atom stereocenters. The van der Waals surface area contributed by atoms with Gasteiger partial charge >= 0.3 is 0 Å². The molecule has 0 amide bonds. The molecule has 0 saturated carbocycles. The lowest BCUT2D eigenvalue weighted by molar-refractivity contribution is -0.143. The average molecular weight is 357 g/mol. The van der Waals surface area contributed by atoms with Crippen LogP contribution in [0.3, 0.4) is 0 Å². The molecule has 2 fully saturated rings. The summed E-state index contributed by atoms with van der Waals surface area (Å²) in [6.45, 7) is 7.52. The highest BCUT2D eigenvalue weighted by Crippen LogP contribution is 2.24. The van der Waals surface area contributed by atoms with E-state index in [2.05, 4.69) is 30.4 Å². The normalized spacial score (nSPS) is 25.4. The Balaban J connectivity index is 1.44. The molecule has 0 unspecified atom stereocenters. The minimum absolute atomic E-state index is 0.268. The lowest BCUT2D eigenvalue weighted by atomic mass is 10.0. The van der Waals surface area contributed by atoms with E-state index in [9.17, 15) is 0 Å².